The van der Waals surface area contributed by atoms with Gasteiger partial charge in [-0.15, -0.1) is 11.8 Å². The summed E-state index contributed by atoms with van der Waals surface area (Å²) in [5.41, 5.74) is 0.0916. The van der Waals surface area contributed by atoms with Crippen LogP contribution in [0.5, 0.6) is 0 Å². The van der Waals surface area contributed by atoms with E-state index in [-0.39, 0.29) is 11.7 Å². The van der Waals surface area contributed by atoms with Gasteiger partial charge in [0.2, 0.25) is 0 Å². The number of benzene rings is 1. The van der Waals surface area contributed by atoms with Gasteiger partial charge in [-0.05, 0) is 25.1 Å². The predicted molar refractivity (Wildman–Crippen MR) is 60.6 cm³/mol. The summed E-state index contributed by atoms with van der Waals surface area (Å²) >= 11 is 1.25. The lowest BCUT2D eigenvalue weighted by molar-refractivity contribution is 0.0696. The SMILES string of the molecule is COC(C)CSc1cc(C(=O)O)ccc1F. The van der Waals surface area contributed by atoms with Gasteiger partial charge in [-0.2, -0.15) is 0 Å². The second kappa shape index (κ2) is 5.86. The Hall–Kier alpha value is -1.07. The standard InChI is InChI=1S/C11H13FO3S/c1-7(15-2)6-16-10-5-8(11(13)14)3-4-9(10)12/h3-5,7H,6H2,1-2H3,(H,13,14). The first kappa shape index (κ1) is 13.0. The molecule has 0 spiro atoms. The van der Waals surface area contributed by atoms with Crippen molar-refractivity contribution in [1.29, 1.82) is 0 Å². The molecule has 0 saturated carbocycles. The highest BCUT2D eigenvalue weighted by molar-refractivity contribution is 7.99. The minimum absolute atomic E-state index is 0.00196. The van der Waals surface area contributed by atoms with E-state index in [9.17, 15) is 9.18 Å². The molecule has 0 fully saturated rings. The number of halogens is 1. The van der Waals surface area contributed by atoms with Crippen LogP contribution in [0.25, 0.3) is 0 Å². The number of aromatic carboxylic acids is 1. The molecule has 0 aliphatic rings. The molecule has 16 heavy (non-hydrogen) atoms. The maximum absolute atomic E-state index is 13.3. The van der Waals surface area contributed by atoms with Crippen LogP contribution >= 0.6 is 11.8 Å². The molecule has 1 rings (SSSR count). The number of rotatable bonds is 5. The van der Waals surface area contributed by atoms with Gasteiger partial charge in [0, 0.05) is 17.8 Å². The van der Waals surface area contributed by atoms with Crippen LogP contribution in [0.3, 0.4) is 0 Å². The van der Waals surface area contributed by atoms with Crippen molar-refractivity contribution >= 4 is 17.7 Å². The van der Waals surface area contributed by atoms with Crippen LogP contribution in [0.2, 0.25) is 0 Å². The normalized spacial score (nSPS) is 12.4. The molecule has 0 radical (unpaired) electrons. The quantitative estimate of drug-likeness (QED) is 0.809. The van der Waals surface area contributed by atoms with E-state index in [4.69, 9.17) is 9.84 Å². The highest BCUT2D eigenvalue weighted by atomic mass is 32.2. The summed E-state index contributed by atoms with van der Waals surface area (Å²) in [6, 6.07) is 3.76. The maximum atomic E-state index is 13.3. The smallest absolute Gasteiger partial charge is 0.335 e. The van der Waals surface area contributed by atoms with Crippen molar-refractivity contribution in [2.45, 2.75) is 17.9 Å². The first-order chi connectivity index (χ1) is 7.54. The molecule has 0 amide bonds. The minimum Gasteiger partial charge on any atom is -0.478 e. The summed E-state index contributed by atoms with van der Waals surface area (Å²) in [5.74, 6) is -0.879. The van der Waals surface area contributed by atoms with Gasteiger partial charge >= 0.3 is 5.97 Å². The molecule has 88 valence electrons. The Morgan fingerprint density at radius 2 is 2.31 bits per heavy atom. The van der Waals surface area contributed by atoms with Gasteiger partial charge in [0.05, 0.1) is 11.7 Å². The Balaban J connectivity index is 2.78. The molecule has 3 nitrogen and oxygen atoms in total. The lowest BCUT2D eigenvalue weighted by atomic mass is 10.2. The first-order valence-electron chi connectivity index (χ1n) is 4.73. The fourth-order valence-electron chi connectivity index (χ4n) is 1.02. The average molecular weight is 244 g/mol. The van der Waals surface area contributed by atoms with Crippen molar-refractivity contribution in [2.75, 3.05) is 12.9 Å². The Morgan fingerprint density at radius 3 is 2.88 bits per heavy atom. The van der Waals surface area contributed by atoms with Crippen LogP contribution in [0.4, 0.5) is 4.39 Å². The molecular weight excluding hydrogens is 231 g/mol. The van der Waals surface area contributed by atoms with Crippen molar-refractivity contribution in [2.24, 2.45) is 0 Å². The van der Waals surface area contributed by atoms with Gasteiger partial charge in [-0.3, -0.25) is 0 Å². The number of carboxylic acid groups (broad SMARTS) is 1. The number of hydrogen-bond donors (Lipinski definition) is 1. The molecular formula is C11H13FO3S. The molecule has 1 aromatic rings. The number of methoxy groups -OCH3 is 1. The van der Waals surface area contributed by atoms with Crippen LogP contribution in [-0.4, -0.2) is 30.0 Å². The second-order valence-corrected chi connectivity index (χ2v) is 4.37. The van der Waals surface area contributed by atoms with E-state index in [1.807, 2.05) is 6.92 Å². The van der Waals surface area contributed by atoms with Crippen LogP contribution in [-0.2, 0) is 4.74 Å². The molecule has 0 aliphatic carbocycles. The zero-order chi connectivity index (χ0) is 12.1. The summed E-state index contributed by atoms with van der Waals surface area (Å²) in [5, 5.41) is 8.77. The second-order valence-electron chi connectivity index (χ2n) is 3.31. The molecule has 0 bridgehead atoms. The van der Waals surface area contributed by atoms with Gasteiger partial charge in [-0.1, -0.05) is 0 Å². The molecule has 1 unspecified atom stereocenters. The third kappa shape index (κ3) is 3.50. The number of carbonyl (C=O) groups is 1. The van der Waals surface area contributed by atoms with E-state index in [0.29, 0.717) is 10.6 Å². The van der Waals surface area contributed by atoms with E-state index in [2.05, 4.69) is 0 Å². The third-order valence-electron chi connectivity index (χ3n) is 2.05. The zero-order valence-electron chi connectivity index (χ0n) is 9.07. The lowest BCUT2D eigenvalue weighted by Gasteiger charge is -2.09. The van der Waals surface area contributed by atoms with Crippen LogP contribution in [0.1, 0.15) is 17.3 Å². The Bertz CT molecular complexity index is 381. The van der Waals surface area contributed by atoms with Crippen molar-refractivity contribution in [3.05, 3.63) is 29.6 Å². The fraction of sp³-hybridized carbons (Fsp3) is 0.364. The summed E-state index contributed by atoms with van der Waals surface area (Å²) in [6.45, 7) is 1.87. The van der Waals surface area contributed by atoms with Crippen molar-refractivity contribution in [1.82, 2.24) is 0 Å². The highest BCUT2D eigenvalue weighted by Crippen LogP contribution is 2.24. The maximum Gasteiger partial charge on any atom is 0.335 e. The Labute approximate surface area is 97.6 Å². The summed E-state index contributed by atoms with van der Waals surface area (Å²) < 4.78 is 18.4. The topological polar surface area (TPSA) is 46.5 Å². The van der Waals surface area contributed by atoms with Gasteiger partial charge in [-0.25, -0.2) is 9.18 Å². The average Bonchev–Trinajstić information content (AvgIpc) is 2.27. The first-order valence-corrected chi connectivity index (χ1v) is 5.71. The van der Waals surface area contributed by atoms with Crippen molar-refractivity contribution in [3.8, 4) is 0 Å². The van der Waals surface area contributed by atoms with Gasteiger partial charge in [0.25, 0.3) is 0 Å². The van der Waals surface area contributed by atoms with Gasteiger partial charge < -0.3 is 9.84 Å². The Morgan fingerprint density at radius 1 is 1.62 bits per heavy atom. The molecule has 0 saturated heterocycles. The molecule has 5 heteroatoms. The van der Waals surface area contributed by atoms with Crippen molar-refractivity contribution in [3.63, 3.8) is 0 Å². The van der Waals surface area contributed by atoms with E-state index >= 15 is 0 Å². The Kier molecular flexibility index (Phi) is 4.76. The summed E-state index contributed by atoms with van der Waals surface area (Å²) in [7, 11) is 1.58. The van der Waals surface area contributed by atoms with Gasteiger partial charge in [0.15, 0.2) is 0 Å². The van der Waals surface area contributed by atoms with E-state index in [1.165, 1.54) is 30.0 Å². The number of carboxylic acids is 1. The molecule has 1 aromatic carbocycles. The van der Waals surface area contributed by atoms with E-state index < -0.39 is 11.8 Å². The third-order valence-corrected chi connectivity index (χ3v) is 3.31. The predicted octanol–water partition coefficient (Wildman–Crippen LogP) is 2.65. The lowest BCUT2D eigenvalue weighted by Crippen LogP contribution is -2.08. The number of ether oxygens (including phenoxy) is 1. The van der Waals surface area contributed by atoms with Gasteiger partial charge in [0.1, 0.15) is 5.82 Å². The fourth-order valence-corrected chi connectivity index (χ4v) is 1.99. The van der Waals surface area contributed by atoms with Crippen LogP contribution in [0.15, 0.2) is 23.1 Å². The van der Waals surface area contributed by atoms with Crippen LogP contribution in [0, 0.1) is 5.82 Å². The molecule has 0 aliphatic heterocycles. The zero-order valence-corrected chi connectivity index (χ0v) is 9.88. The monoisotopic (exact) mass is 244 g/mol. The largest absolute Gasteiger partial charge is 0.478 e. The van der Waals surface area contributed by atoms with Crippen LogP contribution < -0.4 is 0 Å². The number of hydrogen-bond acceptors (Lipinski definition) is 3. The molecule has 1 N–H and O–H groups in total. The van der Waals surface area contributed by atoms with E-state index in [0.717, 1.165) is 0 Å². The van der Waals surface area contributed by atoms with Crippen molar-refractivity contribution < 1.29 is 19.0 Å². The molecule has 0 heterocycles. The molecule has 1 atom stereocenters. The van der Waals surface area contributed by atoms with E-state index in [1.54, 1.807) is 7.11 Å². The summed E-state index contributed by atoms with van der Waals surface area (Å²) in [6.07, 6.45) is -0.00196. The number of thioether (sulfide) groups is 1. The minimum atomic E-state index is -1.05. The highest BCUT2D eigenvalue weighted by Gasteiger charge is 2.10. The summed E-state index contributed by atoms with van der Waals surface area (Å²) in [4.78, 5) is 11.0. The molecule has 0 aromatic heterocycles.